The van der Waals surface area contributed by atoms with Crippen LogP contribution in [0, 0.1) is 5.92 Å². The van der Waals surface area contributed by atoms with E-state index in [9.17, 15) is 5.11 Å². The third kappa shape index (κ3) is 1.89. The van der Waals surface area contributed by atoms with Gasteiger partial charge in [-0.15, -0.1) is 0 Å². The number of nitrogens with zero attached hydrogens (tertiary/aromatic N) is 2. The molecule has 0 bridgehead atoms. The van der Waals surface area contributed by atoms with Gasteiger partial charge in [0.2, 0.25) is 0 Å². The second kappa shape index (κ2) is 3.47. The van der Waals surface area contributed by atoms with Crippen molar-refractivity contribution in [3.63, 3.8) is 0 Å². The van der Waals surface area contributed by atoms with Crippen LogP contribution in [0.5, 0.6) is 0 Å². The van der Waals surface area contributed by atoms with Crippen LogP contribution < -0.4 is 0 Å². The van der Waals surface area contributed by atoms with Crippen LogP contribution in [0.4, 0.5) is 0 Å². The van der Waals surface area contributed by atoms with Gasteiger partial charge in [-0.2, -0.15) is 5.10 Å². The fraction of sp³-hybridized carbons (Fsp3) is 0.667. The predicted molar refractivity (Wildman–Crippen MR) is 47.2 cm³/mol. The molecule has 4 nitrogen and oxygen atoms in total. The second-order valence-corrected chi connectivity index (χ2v) is 3.55. The fourth-order valence-electron chi connectivity index (χ4n) is 1.62. The molecule has 4 heteroatoms. The molecule has 1 aliphatic rings. The Morgan fingerprint density at radius 1 is 1.69 bits per heavy atom. The van der Waals surface area contributed by atoms with Crippen molar-refractivity contribution in [1.29, 1.82) is 0 Å². The predicted octanol–water partition coefficient (Wildman–Crippen LogP) is -0.0301. The van der Waals surface area contributed by atoms with E-state index in [1.54, 1.807) is 4.68 Å². The Kier molecular flexibility index (Phi) is 2.33. The minimum atomic E-state index is -0.318. The lowest BCUT2D eigenvalue weighted by atomic mass is 10.0. The quantitative estimate of drug-likeness (QED) is 0.698. The molecule has 0 aromatic carbocycles. The number of aryl methyl sites for hydroxylation is 1. The molecular formula is C9H14N2O2. The summed E-state index contributed by atoms with van der Waals surface area (Å²) in [5, 5.41) is 13.8. The molecule has 1 aliphatic heterocycles. The van der Waals surface area contributed by atoms with E-state index in [0.29, 0.717) is 13.2 Å². The van der Waals surface area contributed by atoms with E-state index in [-0.39, 0.29) is 12.0 Å². The van der Waals surface area contributed by atoms with Gasteiger partial charge < -0.3 is 9.84 Å². The van der Waals surface area contributed by atoms with Crippen molar-refractivity contribution in [3.05, 3.63) is 18.0 Å². The molecule has 0 saturated carbocycles. The molecule has 2 unspecified atom stereocenters. The molecule has 1 aromatic heterocycles. The Hall–Kier alpha value is -0.870. The first-order valence-electron chi connectivity index (χ1n) is 4.50. The maximum atomic E-state index is 9.50. The highest BCUT2D eigenvalue weighted by molar-refractivity contribution is 5.01. The van der Waals surface area contributed by atoms with Gasteiger partial charge in [-0.1, -0.05) is 0 Å². The molecule has 1 N–H and O–H groups in total. The molecule has 1 fully saturated rings. The summed E-state index contributed by atoms with van der Waals surface area (Å²) in [6.07, 6.45) is 2.40. The molecule has 13 heavy (non-hydrogen) atoms. The maximum absolute atomic E-state index is 9.50. The first kappa shape index (κ1) is 8.72. The van der Waals surface area contributed by atoms with Crippen molar-refractivity contribution in [2.75, 3.05) is 13.2 Å². The number of hydrogen-bond acceptors (Lipinski definition) is 3. The van der Waals surface area contributed by atoms with Gasteiger partial charge in [0.1, 0.15) is 0 Å². The van der Waals surface area contributed by atoms with Crippen LogP contribution >= 0.6 is 0 Å². The Morgan fingerprint density at radius 2 is 2.54 bits per heavy atom. The maximum Gasteiger partial charge on any atom is 0.0827 e. The first-order chi connectivity index (χ1) is 6.25. The third-order valence-electron chi connectivity index (χ3n) is 2.40. The zero-order valence-electron chi connectivity index (χ0n) is 7.68. The normalized spacial score (nSPS) is 28.2. The summed E-state index contributed by atoms with van der Waals surface area (Å²) in [6, 6.07) is 1.98. The summed E-state index contributed by atoms with van der Waals surface area (Å²) in [6.45, 7) is 1.12. The molecule has 72 valence electrons. The molecule has 2 heterocycles. The molecule has 2 atom stereocenters. The van der Waals surface area contributed by atoms with Gasteiger partial charge in [0.05, 0.1) is 25.0 Å². The topological polar surface area (TPSA) is 47.3 Å². The lowest BCUT2D eigenvalue weighted by molar-refractivity contribution is 0.118. The molecule has 2 rings (SSSR count). The number of aromatic nitrogens is 2. The van der Waals surface area contributed by atoms with Gasteiger partial charge in [-0.25, -0.2) is 0 Å². The summed E-state index contributed by atoms with van der Waals surface area (Å²) in [5.41, 5.74) is 1.03. The SMILES string of the molecule is Cn1ccc(CC2COCC2O)n1. The highest BCUT2D eigenvalue weighted by Crippen LogP contribution is 2.17. The molecule has 0 amide bonds. The minimum absolute atomic E-state index is 0.217. The van der Waals surface area contributed by atoms with Crippen LogP contribution in [0.15, 0.2) is 12.3 Å². The zero-order chi connectivity index (χ0) is 9.26. The van der Waals surface area contributed by atoms with Gasteiger partial charge >= 0.3 is 0 Å². The van der Waals surface area contributed by atoms with Crippen LogP contribution in [0.1, 0.15) is 5.69 Å². The monoisotopic (exact) mass is 182 g/mol. The fourth-order valence-corrected chi connectivity index (χ4v) is 1.62. The Bertz CT molecular complexity index is 285. The van der Waals surface area contributed by atoms with E-state index >= 15 is 0 Å². The van der Waals surface area contributed by atoms with Crippen molar-refractivity contribution in [3.8, 4) is 0 Å². The van der Waals surface area contributed by atoms with Gasteiger partial charge in [-0.3, -0.25) is 4.68 Å². The third-order valence-corrected chi connectivity index (χ3v) is 2.40. The van der Waals surface area contributed by atoms with Crippen LogP contribution in [-0.4, -0.2) is 34.2 Å². The summed E-state index contributed by atoms with van der Waals surface area (Å²) in [5.74, 6) is 0.217. The van der Waals surface area contributed by atoms with E-state index in [1.807, 2.05) is 19.3 Å². The summed E-state index contributed by atoms with van der Waals surface area (Å²) in [7, 11) is 1.89. The number of aliphatic hydroxyl groups is 1. The second-order valence-electron chi connectivity index (χ2n) is 3.55. The molecule has 0 radical (unpaired) electrons. The van der Waals surface area contributed by atoms with Gasteiger partial charge in [0.15, 0.2) is 0 Å². The molecule has 1 aromatic rings. The van der Waals surface area contributed by atoms with Crippen LogP contribution in [0.3, 0.4) is 0 Å². The Balaban J connectivity index is 1.97. The summed E-state index contributed by atoms with van der Waals surface area (Å²) >= 11 is 0. The highest BCUT2D eigenvalue weighted by atomic mass is 16.5. The summed E-state index contributed by atoms with van der Waals surface area (Å²) in [4.78, 5) is 0. The van der Waals surface area contributed by atoms with Gasteiger partial charge in [-0.05, 0) is 12.5 Å². The molecule has 0 aliphatic carbocycles. The van der Waals surface area contributed by atoms with Crippen LogP contribution in [0.2, 0.25) is 0 Å². The average molecular weight is 182 g/mol. The van der Waals surface area contributed by atoms with Crippen LogP contribution in [-0.2, 0) is 18.2 Å². The number of hydrogen-bond donors (Lipinski definition) is 1. The van der Waals surface area contributed by atoms with Crippen molar-refractivity contribution >= 4 is 0 Å². The molecule has 1 saturated heterocycles. The van der Waals surface area contributed by atoms with Crippen molar-refractivity contribution in [2.24, 2.45) is 13.0 Å². The summed E-state index contributed by atoms with van der Waals surface area (Å²) < 4.78 is 6.94. The van der Waals surface area contributed by atoms with E-state index in [0.717, 1.165) is 12.1 Å². The average Bonchev–Trinajstić information content (AvgIpc) is 2.64. The van der Waals surface area contributed by atoms with Gasteiger partial charge in [0, 0.05) is 19.2 Å². The van der Waals surface area contributed by atoms with Crippen molar-refractivity contribution < 1.29 is 9.84 Å². The highest BCUT2D eigenvalue weighted by Gasteiger charge is 2.26. The van der Waals surface area contributed by atoms with Crippen LogP contribution in [0.25, 0.3) is 0 Å². The molecule has 0 spiro atoms. The standard InChI is InChI=1S/C9H14N2O2/c1-11-3-2-8(10-11)4-7-5-13-6-9(7)12/h2-3,7,9,12H,4-6H2,1H3. The lowest BCUT2D eigenvalue weighted by Gasteiger charge is -2.09. The Morgan fingerprint density at radius 3 is 3.08 bits per heavy atom. The zero-order valence-corrected chi connectivity index (χ0v) is 7.68. The van der Waals surface area contributed by atoms with Crippen molar-refractivity contribution in [2.45, 2.75) is 12.5 Å². The largest absolute Gasteiger partial charge is 0.390 e. The lowest BCUT2D eigenvalue weighted by Crippen LogP contribution is -2.20. The number of rotatable bonds is 2. The molecular weight excluding hydrogens is 168 g/mol. The minimum Gasteiger partial charge on any atom is -0.390 e. The first-order valence-corrected chi connectivity index (χ1v) is 4.50. The smallest absolute Gasteiger partial charge is 0.0827 e. The van der Waals surface area contributed by atoms with E-state index in [4.69, 9.17) is 4.74 Å². The van der Waals surface area contributed by atoms with Crippen molar-refractivity contribution in [1.82, 2.24) is 9.78 Å². The van der Waals surface area contributed by atoms with E-state index in [2.05, 4.69) is 5.10 Å². The van der Waals surface area contributed by atoms with E-state index in [1.165, 1.54) is 0 Å². The Labute approximate surface area is 77.1 Å². The number of aliphatic hydroxyl groups excluding tert-OH is 1. The van der Waals surface area contributed by atoms with Gasteiger partial charge in [0.25, 0.3) is 0 Å². The van der Waals surface area contributed by atoms with E-state index < -0.39 is 0 Å². The number of ether oxygens (including phenoxy) is 1.